The zero-order valence-electron chi connectivity index (χ0n) is 9.06. The van der Waals surface area contributed by atoms with Crippen molar-refractivity contribution in [3.8, 4) is 5.75 Å². The van der Waals surface area contributed by atoms with Gasteiger partial charge in [0.05, 0.1) is 0 Å². The fourth-order valence-corrected chi connectivity index (χ4v) is 1.37. The zero-order chi connectivity index (χ0) is 12.1. The molecule has 0 bridgehead atoms. The number of hydrazine groups is 1. The lowest BCUT2D eigenvalue weighted by atomic mass is 10.3. The number of ether oxygens (including phenoxy) is 1. The molecule has 5 heteroatoms. The standard InChI is InChI=1S/C12H12FN3O/c13-10-2-1-3-11(7-10)17-8-9-4-5-15-12(6-9)16-14/h1-7H,8,14H2,(H,15,16). The number of nitrogens with two attached hydrogens (primary N) is 1. The van der Waals surface area contributed by atoms with Crippen molar-refractivity contribution in [1.82, 2.24) is 4.98 Å². The summed E-state index contributed by atoms with van der Waals surface area (Å²) in [7, 11) is 0. The Hall–Kier alpha value is -2.14. The fourth-order valence-electron chi connectivity index (χ4n) is 1.37. The highest BCUT2D eigenvalue weighted by Gasteiger charge is 1.99. The Morgan fingerprint density at radius 3 is 2.94 bits per heavy atom. The van der Waals surface area contributed by atoms with E-state index in [9.17, 15) is 4.39 Å². The first-order valence-electron chi connectivity index (χ1n) is 5.08. The van der Waals surface area contributed by atoms with Crippen LogP contribution in [0.15, 0.2) is 42.6 Å². The predicted octanol–water partition coefficient (Wildman–Crippen LogP) is 2.09. The molecule has 88 valence electrons. The average molecular weight is 233 g/mol. The van der Waals surface area contributed by atoms with Crippen LogP contribution in [-0.4, -0.2) is 4.98 Å². The van der Waals surface area contributed by atoms with Crippen molar-refractivity contribution in [3.63, 3.8) is 0 Å². The summed E-state index contributed by atoms with van der Waals surface area (Å²) in [6.45, 7) is 0.334. The van der Waals surface area contributed by atoms with Gasteiger partial charge in [-0.3, -0.25) is 0 Å². The number of hydrogen-bond acceptors (Lipinski definition) is 4. The molecule has 17 heavy (non-hydrogen) atoms. The van der Waals surface area contributed by atoms with E-state index in [1.54, 1.807) is 30.5 Å². The van der Waals surface area contributed by atoms with Crippen molar-refractivity contribution in [2.24, 2.45) is 5.84 Å². The van der Waals surface area contributed by atoms with E-state index in [2.05, 4.69) is 10.4 Å². The van der Waals surface area contributed by atoms with Gasteiger partial charge in [0, 0.05) is 12.3 Å². The highest BCUT2D eigenvalue weighted by molar-refractivity contribution is 5.36. The van der Waals surface area contributed by atoms with E-state index in [-0.39, 0.29) is 5.82 Å². The van der Waals surface area contributed by atoms with Crippen molar-refractivity contribution in [2.75, 3.05) is 5.43 Å². The lowest BCUT2D eigenvalue weighted by molar-refractivity contribution is 0.304. The van der Waals surface area contributed by atoms with Crippen LogP contribution in [0.5, 0.6) is 5.75 Å². The second kappa shape index (κ2) is 5.27. The maximum atomic E-state index is 12.9. The van der Waals surface area contributed by atoms with Gasteiger partial charge < -0.3 is 10.2 Å². The second-order valence-electron chi connectivity index (χ2n) is 3.44. The Kier molecular flexibility index (Phi) is 3.52. The number of nitrogens with zero attached hydrogens (tertiary/aromatic N) is 1. The molecular weight excluding hydrogens is 221 g/mol. The smallest absolute Gasteiger partial charge is 0.140 e. The summed E-state index contributed by atoms with van der Waals surface area (Å²) in [5, 5.41) is 0. The topological polar surface area (TPSA) is 60.2 Å². The third kappa shape index (κ3) is 3.15. The summed E-state index contributed by atoms with van der Waals surface area (Å²) >= 11 is 0. The molecule has 1 aromatic carbocycles. The summed E-state index contributed by atoms with van der Waals surface area (Å²) in [4.78, 5) is 3.98. The number of aromatic nitrogens is 1. The van der Waals surface area contributed by atoms with Crippen LogP contribution in [0, 0.1) is 5.82 Å². The van der Waals surface area contributed by atoms with Gasteiger partial charge in [0.25, 0.3) is 0 Å². The van der Waals surface area contributed by atoms with Gasteiger partial charge in [0.1, 0.15) is 24.0 Å². The molecule has 0 unspecified atom stereocenters. The van der Waals surface area contributed by atoms with E-state index in [0.717, 1.165) is 5.56 Å². The van der Waals surface area contributed by atoms with Crippen molar-refractivity contribution in [3.05, 3.63) is 54.0 Å². The minimum atomic E-state index is -0.318. The molecule has 4 nitrogen and oxygen atoms in total. The van der Waals surface area contributed by atoms with E-state index in [0.29, 0.717) is 18.2 Å². The van der Waals surface area contributed by atoms with Crippen LogP contribution < -0.4 is 16.0 Å². The second-order valence-corrected chi connectivity index (χ2v) is 3.44. The Morgan fingerprint density at radius 2 is 2.18 bits per heavy atom. The summed E-state index contributed by atoms with van der Waals surface area (Å²) in [6, 6.07) is 9.58. The number of rotatable bonds is 4. The van der Waals surface area contributed by atoms with Crippen LogP contribution in [0.25, 0.3) is 0 Å². The van der Waals surface area contributed by atoms with Crippen LogP contribution >= 0.6 is 0 Å². The molecule has 3 N–H and O–H groups in total. The largest absolute Gasteiger partial charge is 0.489 e. The third-order valence-electron chi connectivity index (χ3n) is 2.17. The van der Waals surface area contributed by atoms with Gasteiger partial charge in [0.2, 0.25) is 0 Å². The molecule has 0 amide bonds. The van der Waals surface area contributed by atoms with Gasteiger partial charge in [-0.25, -0.2) is 15.2 Å². The summed E-state index contributed by atoms with van der Waals surface area (Å²) in [5.74, 6) is 5.98. The normalized spacial score (nSPS) is 10.0. The Bertz CT molecular complexity index is 505. The molecule has 0 aliphatic heterocycles. The number of anilines is 1. The molecule has 0 atom stereocenters. The molecular formula is C12H12FN3O. The molecule has 0 aliphatic rings. The highest BCUT2D eigenvalue weighted by Crippen LogP contribution is 2.14. The summed E-state index contributed by atoms with van der Waals surface area (Å²) < 4.78 is 18.3. The van der Waals surface area contributed by atoms with Crippen molar-refractivity contribution < 1.29 is 9.13 Å². The first kappa shape index (κ1) is 11.3. The Morgan fingerprint density at radius 1 is 1.29 bits per heavy atom. The molecule has 0 spiro atoms. The molecule has 0 saturated heterocycles. The molecule has 2 rings (SSSR count). The number of benzene rings is 1. The molecule has 0 saturated carbocycles. The Labute approximate surface area is 98.2 Å². The van der Waals surface area contributed by atoms with Gasteiger partial charge in [-0.05, 0) is 29.8 Å². The molecule has 1 heterocycles. The third-order valence-corrected chi connectivity index (χ3v) is 2.17. The number of hydrogen-bond donors (Lipinski definition) is 2. The highest BCUT2D eigenvalue weighted by atomic mass is 19.1. The van der Waals surface area contributed by atoms with Crippen LogP contribution in [0.1, 0.15) is 5.56 Å². The number of nitrogens with one attached hydrogen (secondary N) is 1. The number of pyridine rings is 1. The molecule has 0 fully saturated rings. The summed E-state index contributed by atoms with van der Waals surface area (Å²) in [5.41, 5.74) is 3.35. The number of nitrogen functional groups attached to an aromatic ring is 1. The average Bonchev–Trinajstić information content (AvgIpc) is 2.37. The minimum Gasteiger partial charge on any atom is -0.489 e. The van der Waals surface area contributed by atoms with Crippen LogP contribution in [0.3, 0.4) is 0 Å². The lowest BCUT2D eigenvalue weighted by Gasteiger charge is -2.07. The molecule has 0 radical (unpaired) electrons. The predicted molar refractivity (Wildman–Crippen MR) is 62.8 cm³/mol. The van der Waals surface area contributed by atoms with E-state index in [4.69, 9.17) is 10.6 Å². The van der Waals surface area contributed by atoms with Crippen LogP contribution in [0.2, 0.25) is 0 Å². The van der Waals surface area contributed by atoms with Crippen molar-refractivity contribution in [2.45, 2.75) is 6.61 Å². The van der Waals surface area contributed by atoms with E-state index in [1.165, 1.54) is 12.1 Å². The zero-order valence-corrected chi connectivity index (χ0v) is 9.06. The van der Waals surface area contributed by atoms with Crippen LogP contribution in [-0.2, 0) is 6.61 Å². The van der Waals surface area contributed by atoms with Crippen molar-refractivity contribution in [1.29, 1.82) is 0 Å². The monoisotopic (exact) mass is 233 g/mol. The first-order chi connectivity index (χ1) is 8.28. The van der Waals surface area contributed by atoms with Gasteiger partial charge in [-0.2, -0.15) is 0 Å². The fraction of sp³-hybridized carbons (Fsp3) is 0.0833. The van der Waals surface area contributed by atoms with Gasteiger partial charge >= 0.3 is 0 Å². The molecule has 0 aliphatic carbocycles. The van der Waals surface area contributed by atoms with Gasteiger partial charge in [-0.1, -0.05) is 6.07 Å². The summed E-state index contributed by atoms with van der Waals surface area (Å²) in [6.07, 6.45) is 1.62. The van der Waals surface area contributed by atoms with E-state index >= 15 is 0 Å². The van der Waals surface area contributed by atoms with E-state index in [1.807, 2.05) is 0 Å². The first-order valence-corrected chi connectivity index (χ1v) is 5.08. The minimum absolute atomic E-state index is 0.318. The number of halogens is 1. The van der Waals surface area contributed by atoms with Crippen molar-refractivity contribution >= 4 is 5.82 Å². The quantitative estimate of drug-likeness (QED) is 0.627. The Balaban J connectivity index is 2.02. The molecule has 1 aromatic heterocycles. The SMILES string of the molecule is NNc1cc(COc2cccc(F)c2)ccn1. The van der Waals surface area contributed by atoms with Gasteiger partial charge in [0.15, 0.2) is 0 Å². The maximum Gasteiger partial charge on any atom is 0.140 e. The lowest BCUT2D eigenvalue weighted by Crippen LogP contribution is -2.09. The maximum absolute atomic E-state index is 12.9. The molecule has 2 aromatic rings. The van der Waals surface area contributed by atoms with Crippen LogP contribution in [0.4, 0.5) is 10.2 Å². The van der Waals surface area contributed by atoms with Gasteiger partial charge in [-0.15, -0.1) is 0 Å². The van der Waals surface area contributed by atoms with E-state index < -0.39 is 0 Å².